The largest absolute Gasteiger partial charge is 0.486 e. The maximum absolute atomic E-state index is 10.3. The number of rotatable bonds is 0. The Morgan fingerprint density at radius 1 is 1.41 bits per heavy atom. The van der Waals surface area contributed by atoms with Crippen molar-refractivity contribution in [3.8, 4) is 11.5 Å². The summed E-state index contributed by atoms with van der Waals surface area (Å²) in [7, 11) is 0. The van der Waals surface area contributed by atoms with Crippen molar-refractivity contribution in [2.75, 3.05) is 13.2 Å². The number of benzene rings is 1. The highest BCUT2D eigenvalue weighted by atomic mass is 79.9. The van der Waals surface area contributed by atoms with Gasteiger partial charge in [0.15, 0.2) is 11.5 Å². The van der Waals surface area contributed by atoms with Crippen LogP contribution in [0.2, 0.25) is 0 Å². The first-order valence-electron chi connectivity index (χ1n) is 5.59. The molecule has 2 unspecified atom stereocenters. The van der Waals surface area contributed by atoms with Crippen LogP contribution >= 0.6 is 27.7 Å². The van der Waals surface area contributed by atoms with E-state index in [9.17, 15) is 5.11 Å². The Hall–Kier alpha value is -0.390. The molecular formula is C12H13BrO3S. The lowest BCUT2D eigenvalue weighted by Crippen LogP contribution is -2.23. The number of hydrogen-bond acceptors (Lipinski definition) is 4. The van der Waals surface area contributed by atoms with Crippen molar-refractivity contribution >= 4 is 27.7 Å². The maximum atomic E-state index is 10.3. The van der Waals surface area contributed by atoms with Crippen LogP contribution in [0, 0.1) is 0 Å². The van der Waals surface area contributed by atoms with Gasteiger partial charge in [0.2, 0.25) is 0 Å². The Morgan fingerprint density at radius 2 is 2.18 bits per heavy atom. The Balaban J connectivity index is 2.20. The second kappa shape index (κ2) is 4.37. The number of halogens is 1. The standard InChI is InChI=1S/C12H13BrO3S/c1-6-11(14)10-7(5-17-6)8(13)4-9-12(10)16-3-2-15-9/h4,6,11,14H,2-3,5H2,1H3. The first-order chi connectivity index (χ1) is 8.18. The lowest BCUT2D eigenvalue weighted by atomic mass is 9.98. The first-order valence-corrected chi connectivity index (χ1v) is 7.43. The van der Waals surface area contributed by atoms with E-state index in [4.69, 9.17) is 9.47 Å². The molecule has 1 N–H and O–H groups in total. The number of fused-ring (bicyclic) bond motifs is 3. The van der Waals surface area contributed by atoms with Crippen molar-refractivity contribution in [1.29, 1.82) is 0 Å². The van der Waals surface area contributed by atoms with Crippen molar-refractivity contribution in [1.82, 2.24) is 0 Å². The molecule has 0 aromatic heterocycles. The molecule has 0 radical (unpaired) electrons. The van der Waals surface area contributed by atoms with E-state index in [0.717, 1.165) is 32.9 Å². The molecule has 2 atom stereocenters. The van der Waals surface area contributed by atoms with Crippen LogP contribution in [-0.4, -0.2) is 23.6 Å². The van der Waals surface area contributed by atoms with Crippen molar-refractivity contribution in [3.63, 3.8) is 0 Å². The van der Waals surface area contributed by atoms with Gasteiger partial charge in [-0.25, -0.2) is 0 Å². The first kappa shape index (κ1) is 11.7. The van der Waals surface area contributed by atoms with E-state index in [1.165, 1.54) is 0 Å². The molecule has 0 spiro atoms. The molecule has 0 bridgehead atoms. The second-order valence-electron chi connectivity index (χ2n) is 4.24. The lowest BCUT2D eigenvalue weighted by Gasteiger charge is -2.32. The summed E-state index contributed by atoms with van der Waals surface area (Å²) in [6.07, 6.45) is -0.489. The zero-order valence-electron chi connectivity index (χ0n) is 9.40. The smallest absolute Gasteiger partial charge is 0.167 e. The van der Waals surface area contributed by atoms with Crippen LogP contribution < -0.4 is 9.47 Å². The summed E-state index contributed by atoms with van der Waals surface area (Å²) < 4.78 is 12.3. The molecule has 0 saturated carbocycles. The van der Waals surface area contributed by atoms with Crippen LogP contribution in [0.5, 0.6) is 11.5 Å². The second-order valence-corrected chi connectivity index (χ2v) is 6.46. The van der Waals surface area contributed by atoms with Crippen LogP contribution in [0.3, 0.4) is 0 Å². The van der Waals surface area contributed by atoms with E-state index in [0.29, 0.717) is 13.2 Å². The molecule has 0 aliphatic carbocycles. The number of hydrogen-bond donors (Lipinski definition) is 1. The van der Waals surface area contributed by atoms with Crippen molar-refractivity contribution < 1.29 is 14.6 Å². The fraction of sp³-hybridized carbons (Fsp3) is 0.500. The van der Waals surface area contributed by atoms with Crippen LogP contribution in [-0.2, 0) is 5.75 Å². The number of aliphatic hydroxyl groups excluding tert-OH is 1. The predicted octanol–water partition coefficient (Wildman–Crippen LogP) is 2.89. The molecule has 2 heterocycles. The predicted molar refractivity (Wildman–Crippen MR) is 70.8 cm³/mol. The number of aliphatic hydroxyl groups is 1. The van der Waals surface area contributed by atoms with Crippen molar-refractivity contribution in [2.24, 2.45) is 0 Å². The molecular weight excluding hydrogens is 304 g/mol. The monoisotopic (exact) mass is 316 g/mol. The highest BCUT2D eigenvalue weighted by Gasteiger charge is 2.33. The summed E-state index contributed by atoms with van der Waals surface area (Å²) >= 11 is 5.31. The number of thioether (sulfide) groups is 1. The van der Waals surface area contributed by atoms with E-state index in [2.05, 4.69) is 15.9 Å². The molecule has 92 valence electrons. The Bertz CT molecular complexity index is 464. The van der Waals surface area contributed by atoms with Crippen LogP contribution in [0.25, 0.3) is 0 Å². The third-order valence-corrected chi connectivity index (χ3v) is 5.10. The van der Waals surface area contributed by atoms with Crippen molar-refractivity contribution in [2.45, 2.75) is 24.0 Å². The van der Waals surface area contributed by atoms with Gasteiger partial charge >= 0.3 is 0 Å². The lowest BCUT2D eigenvalue weighted by molar-refractivity contribution is 0.144. The van der Waals surface area contributed by atoms with Gasteiger partial charge in [-0.15, -0.1) is 0 Å². The summed E-state index contributed by atoms with van der Waals surface area (Å²) in [6.45, 7) is 3.16. The Labute approximate surface area is 113 Å². The summed E-state index contributed by atoms with van der Waals surface area (Å²) in [5.41, 5.74) is 2.03. The zero-order chi connectivity index (χ0) is 12.0. The fourth-order valence-electron chi connectivity index (χ4n) is 2.22. The van der Waals surface area contributed by atoms with E-state index >= 15 is 0 Å². The zero-order valence-corrected chi connectivity index (χ0v) is 11.8. The van der Waals surface area contributed by atoms with Gasteiger partial charge in [-0.3, -0.25) is 0 Å². The third kappa shape index (κ3) is 1.84. The minimum absolute atomic E-state index is 0.187. The molecule has 1 aromatic carbocycles. The molecule has 0 fully saturated rings. The van der Waals surface area contributed by atoms with E-state index in [1.54, 1.807) is 11.8 Å². The summed E-state index contributed by atoms with van der Waals surface area (Å²) in [6, 6.07) is 1.94. The average molecular weight is 317 g/mol. The van der Waals surface area contributed by atoms with Gasteiger partial charge in [0, 0.05) is 21.0 Å². The minimum atomic E-state index is -0.489. The van der Waals surface area contributed by atoms with Gasteiger partial charge in [0.25, 0.3) is 0 Å². The van der Waals surface area contributed by atoms with Crippen LogP contribution in [0.4, 0.5) is 0 Å². The maximum Gasteiger partial charge on any atom is 0.167 e. The van der Waals surface area contributed by atoms with Gasteiger partial charge in [0.1, 0.15) is 13.2 Å². The highest BCUT2D eigenvalue weighted by molar-refractivity contribution is 9.10. The SMILES string of the molecule is CC1SCc2c(Br)cc3c(c2C1O)OCCO3. The van der Waals surface area contributed by atoms with Gasteiger partial charge in [0.05, 0.1) is 6.10 Å². The topological polar surface area (TPSA) is 38.7 Å². The average Bonchev–Trinajstić information content (AvgIpc) is 2.33. The summed E-state index contributed by atoms with van der Waals surface area (Å²) in [5, 5.41) is 10.5. The molecule has 0 amide bonds. The molecule has 5 heteroatoms. The summed E-state index contributed by atoms with van der Waals surface area (Å²) in [4.78, 5) is 0. The normalized spacial score (nSPS) is 26.5. The van der Waals surface area contributed by atoms with Gasteiger partial charge in [-0.1, -0.05) is 22.9 Å². The molecule has 0 saturated heterocycles. The molecule has 3 rings (SSSR count). The van der Waals surface area contributed by atoms with Gasteiger partial charge in [-0.2, -0.15) is 11.8 Å². The highest BCUT2D eigenvalue weighted by Crippen LogP contribution is 2.49. The summed E-state index contributed by atoms with van der Waals surface area (Å²) in [5.74, 6) is 2.36. The van der Waals surface area contributed by atoms with Crippen LogP contribution in [0.15, 0.2) is 10.5 Å². The van der Waals surface area contributed by atoms with E-state index in [1.807, 2.05) is 13.0 Å². The third-order valence-electron chi connectivity index (χ3n) is 3.16. The molecule has 3 nitrogen and oxygen atoms in total. The number of ether oxygens (including phenoxy) is 2. The fourth-order valence-corrected chi connectivity index (χ4v) is 4.02. The Kier molecular flexibility index (Phi) is 3.00. The molecule has 1 aromatic rings. The van der Waals surface area contributed by atoms with Gasteiger partial charge in [-0.05, 0) is 11.6 Å². The molecule has 2 aliphatic heterocycles. The minimum Gasteiger partial charge on any atom is -0.486 e. The van der Waals surface area contributed by atoms with E-state index < -0.39 is 6.10 Å². The molecule has 2 aliphatic rings. The quantitative estimate of drug-likeness (QED) is 0.798. The van der Waals surface area contributed by atoms with Crippen LogP contribution in [0.1, 0.15) is 24.2 Å². The van der Waals surface area contributed by atoms with E-state index in [-0.39, 0.29) is 5.25 Å². The Morgan fingerprint density at radius 3 is 3.00 bits per heavy atom. The van der Waals surface area contributed by atoms with Gasteiger partial charge < -0.3 is 14.6 Å². The van der Waals surface area contributed by atoms with Crippen molar-refractivity contribution in [3.05, 3.63) is 21.7 Å². The molecule has 17 heavy (non-hydrogen) atoms.